The van der Waals surface area contributed by atoms with Crippen molar-refractivity contribution in [3.8, 4) is 0 Å². The fourth-order valence-electron chi connectivity index (χ4n) is 1.67. The zero-order valence-corrected chi connectivity index (χ0v) is 10.8. The van der Waals surface area contributed by atoms with Gasteiger partial charge in [0.25, 0.3) is 0 Å². The maximum atomic E-state index is 10.7. The Morgan fingerprint density at radius 1 is 1.53 bits per heavy atom. The number of hydrogen-bond donors (Lipinski definition) is 1. The number of hydrogen-bond acceptors (Lipinski definition) is 3. The molecule has 1 rings (SSSR count). The quantitative estimate of drug-likeness (QED) is 0.795. The van der Waals surface area contributed by atoms with Crippen molar-refractivity contribution in [3.63, 3.8) is 0 Å². The van der Waals surface area contributed by atoms with Crippen LogP contribution in [0.15, 0.2) is 16.7 Å². The number of furan rings is 1. The molecule has 0 aliphatic heterocycles. The van der Waals surface area contributed by atoms with Gasteiger partial charge in [-0.1, -0.05) is 27.2 Å². The molecule has 17 heavy (non-hydrogen) atoms. The first-order chi connectivity index (χ1) is 8.06. The van der Waals surface area contributed by atoms with Gasteiger partial charge >= 0.3 is 5.97 Å². The summed E-state index contributed by atoms with van der Waals surface area (Å²) in [4.78, 5) is 13.0. The van der Waals surface area contributed by atoms with Crippen molar-refractivity contribution < 1.29 is 14.3 Å². The Balaban J connectivity index is 2.57. The van der Waals surface area contributed by atoms with Crippen LogP contribution in [0.3, 0.4) is 0 Å². The van der Waals surface area contributed by atoms with E-state index >= 15 is 0 Å². The molecule has 0 saturated heterocycles. The standard InChI is InChI=1S/C13H21NO3/c1-4-10(3)7-14(5-2)8-12-6-11(9-17-12)13(15)16/h6,9-10H,4-5,7-8H2,1-3H3,(H,15,16). The second-order valence-electron chi connectivity index (χ2n) is 4.45. The zero-order valence-electron chi connectivity index (χ0n) is 10.8. The Kier molecular flexibility index (Phi) is 5.22. The van der Waals surface area contributed by atoms with Crippen LogP contribution in [-0.2, 0) is 6.54 Å². The Bertz CT molecular complexity index is 359. The summed E-state index contributed by atoms with van der Waals surface area (Å²) in [5.74, 6) is 0.418. The third-order valence-corrected chi connectivity index (χ3v) is 2.99. The van der Waals surface area contributed by atoms with Crippen LogP contribution in [0.1, 0.15) is 43.3 Å². The first kappa shape index (κ1) is 13.8. The largest absolute Gasteiger partial charge is 0.478 e. The van der Waals surface area contributed by atoms with Gasteiger partial charge in [-0.3, -0.25) is 4.90 Å². The lowest BCUT2D eigenvalue weighted by Crippen LogP contribution is -2.27. The monoisotopic (exact) mass is 239 g/mol. The van der Waals surface area contributed by atoms with E-state index in [1.54, 1.807) is 6.07 Å². The maximum absolute atomic E-state index is 10.7. The molecular formula is C13H21NO3. The number of rotatable bonds is 7. The Labute approximate surface area is 102 Å². The molecule has 1 aromatic rings. The highest BCUT2D eigenvalue weighted by Crippen LogP contribution is 2.12. The van der Waals surface area contributed by atoms with E-state index in [1.165, 1.54) is 6.26 Å². The molecule has 96 valence electrons. The van der Waals surface area contributed by atoms with Crippen molar-refractivity contribution in [2.75, 3.05) is 13.1 Å². The van der Waals surface area contributed by atoms with Gasteiger partial charge in [-0.25, -0.2) is 4.79 Å². The van der Waals surface area contributed by atoms with Crippen molar-refractivity contribution in [3.05, 3.63) is 23.7 Å². The van der Waals surface area contributed by atoms with Crippen LogP contribution in [0.4, 0.5) is 0 Å². The van der Waals surface area contributed by atoms with E-state index < -0.39 is 5.97 Å². The summed E-state index contributed by atoms with van der Waals surface area (Å²) < 4.78 is 5.25. The Morgan fingerprint density at radius 2 is 2.24 bits per heavy atom. The molecule has 0 aromatic carbocycles. The molecule has 1 aromatic heterocycles. The fourth-order valence-corrected chi connectivity index (χ4v) is 1.67. The van der Waals surface area contributed by atoms with Gasteiger partial charge in [0, 0.05) is 6.54 Å². The zero-order chi connectivity index (χ0) is 12.8. The van der Waals surface area contributed by atoms with Gasteiger partial charge in [0.15, 0.2) is 0 Å². The minimum atomic E-state index is -0.940. The van der Waals surface area contributed by atoms with Gasteiger partial charge in [0.2, 0.25) is 0 Å². The van der Waals surface area contributed by atoms with Crippen LogP contribution in [0.25, 0.3) is 0 Å². The summed E-state index contributed by atoms with van der Waals surface area (Å²) in [5.41, 5.74) is 0.222. The van der Waals surface area contributed by atoms with Crippen molar-refractivity contribution in [2.24, 2.45) is 5.92 Å². The predicted molar refractivity (Wildman–Crippen MR) is 66.1 cm³/mol. The smallest absolute Gasteiger partial charge is 0.338 e. The molecule has 1 N–H and O–H groups in total. The molecule has 1 unspecified atom stereocenters. The maximum Gasteiger partial charge on any atom is 0.338 e. The summed E-state index contributed by atoms with van der Waals surface area (Å²) in [7, 11) is 0. The Hall–Kier alpha value is -1.29. The minimum absolute atomic E-state index is 0.222. The summed E-state index contributed by atoms with van der Waals surface area (Å²) in [6.07, 6.45) is 2.45. The lowest BCUT2D eigenvalue weighted by Gasteiger charge is -2.22. The third kappa shape index (κ3) is 4.23. The number of aromatic carboxylic acids is 1. The highest BCUT2D eigenvalue weighted by atomic mass is 16.4. The van der Waals surface area contributed by atoms with Crippen LogP contribution in [-0.4, -0.2) is 29.1 Å². The van der Waals surface area contributed by atoms with Gasteiger partial charge in [-0.15, -0.1) is 0 Å². The van der Waals surface area contributed by atoms with E-state index in [2.05, 4.69) is 25.7 Å². The average molecular weight is 239 g/mol. The van der Waals surface area contributed by atoms with Gasteiger partial charge < -0.3 is 9.52 Å². The normalized spacial score (nSPS) is 12.9. The van der Waals surface area contributed by atoms with E-state index in [-0.39, 0.29) is 5.56 Å². The first-order valence-corrected chi connectivity index (χ1v) is 6.09. The van der Waals surface area contributed by atoms with Crippen molar-refractivity contribution in [1.82, 2.24) is 4.90 Å². The number of carboxylic acids is 1. The van der Waals surface area contributed by atoms with Crippen molar-refractivity contribution in [2.45, 2.75) is 33.7 Å². The molecule has 0 aliphatic rings. The molecule has 0 aliphatic carbocycles. The topological polar surface area (TPSA) is 53.7 Å². The van der Waals surface area contributed by atoms with Crippen LogP contribution < -0.4 is 0 Å². The number of carbonyl (C=O) groups is 1. The van der Waals surface area contributed by atoms with Crippen LogP contribution in [0, 0.1) is 5.92 Å². The lowest BCUT2D eigenvalue weighted by molar-refractivity contribution is 0.0696. The van der Waals surface area contributed by atoms with Crippen LogP contribution in [0.2, 0.25) is 0 Å². The molecule has 1 heterocycles. The molecule has 4 heteroatoms. The predicted octanol–water partition coefficient (Wildman–Crippen LogP) is 2.85. The van der Waals surface area contributed by atoms with E-state index in [4.69, 9.17) is 9.52 Å². The molecule has 0 amide bonds. The van der Waals surface area contributed by atoms with E-state index in [9.17, 15) is 4.79 Å². The SMILES string of the molecule is CCC(C)CN(CC)Cc1cc(C(=O)O)co1. The van der Waals surface area contributed by atoms with Crippen molar-refractivity contribution in [1.29, 1.82) is 0 Å². The Morgan fingerprint density at radius 3 is 2.71 bits per heavy atom. The molecule has 0 spiro atoms. The van der Waals surface area contributed by atoms with Crippen molar-refractivity contribution >= 4 is 5.97 Å². The lowest BCUT2D eigenvalue weighted by atomic mass is 10.1. The molecule has 0 radical (unpaired) electrons. The van der Waals surface area contributed by atoms with E-state index in [0.29, 0.717) is 18.2 Å². The average Bonchev–Trinajstić information content (AvgIpc) is 2.76. The molecule has 0 bridgehead atoms. The fraction of sp³-hybridized carbons (Fsp3) is 0.615. The molecule has 1 atom stereocenters. The van der Waals surface area contributed by atoms with Gasteiger partial charge in [0.05, 0.1) is 12.1 Å². The summed E-state index contributed by atoms with van der Waals surface area (Å²) >= 11 is 0. The van der Waals surface area contributed by atoms with Crippen LogP contribution in [0.5, 0.6) is 0 Å². The van der Waals surface area contributed by atoms with Gasteiger partial charge in [-0.2, -0.15) is 0 Å². The highest BCUT2D eigenvalue weighted by Gasteiger charge is 2.12. The number of carboxylic acid groups (broad SMARTS) is 1. The molecule has 4 nitrogen and oxygen atoms in total. The molecule has 0 fully saturated rings. The highest BCUT2D eigenvalue weighted by molar-refractivity contribution is 5.87. The van der Waals surface area contributed by atoms with Gasteiger partial charge in [-0.05, 0) is 18.5 Å². The minimum Gasteiger partial charge on any atom is -0.478 e. The molecular weight excluding hydrogens is 218 g/mol. The van der Waals surface area contributed by atoms with E-state index in [0.717, 1.165) is 19.5 Å². The summed E-state index contributed by atoms with van der Waals surface area (Å²) in [5, 5.41) is 8.80. The molecule has 0 saturated carbocycles. The number of nitrogens with zero attached hydrogens (tertiary/aromatic N) is 1. The second-order valence-corrected chi connectivity index (χ2v) is 4.45. The first-order valence-electron chi connectivity index (χ1n) is 6.09. The third-order valence-electron chi connectivity index (χ3n) is 2.99. The second kappa shape index (κ2) is 6.45. The summed E-state index contributed by atoms with van der Waals surface area (Å²) in [6, 6.07) is 1.60. The van der Waals surface area contributed by atoms with Crippen LogP contribution >= 0.6 is 0 Å². The van der Waals surface area contributed by atoms with E-state index in [1.807, 2.05) is 0 Å². The van der Waals surface area contributed by atoms with Gasteiger partial charge in [0.1, 0.15) is 12.0 Å². The summed E-state index contributed by atoms with van der Waals surface area (Å²) in [6.45, 7) is 9.11.